The van der Waals surface area contributed by atoms with Crippen LogP contribution in [0.25, 0.3) is 10.9 Å². The van der Waals surface area contributed by atoms with Crippen LogP contribution in [0.1, 0.15) is 26.2 Å². The van der Waals surface area contributed by atoms with Crippen LogP contribution in [0.15, 0.2) is 18.2 Å². The molecule has 0 saturated heterocycles. The number of hydrogen-bond donors (Lipinski definition) is 3. The van der Waals surface area contributed by atoms with Crippen molar-refractivity contribution in [3.05, 3.63) is 24.0 Å². The topological polar surface area (TPSA) is 84.1 Å². The molecular weight excluding hydrogens is 259 g/mol. The number of rotatable bonds is 6. The minimum atomic E-state index is -0.405. The molecule has 20 heavy (non-hydrogen) atoms. The monoisotopic (exact) mass is 278 g/mol. The molecule has 1 atom stereocenters. The maximum atomic E-state index is 14.0. The third-order valence-corrected chi connectivity index (χ3v) is 3.16. The quantitative estimate of drug-likeness (QED) is 0.755. The number of nitrogens with one attached hydrogen (secondary N) is 1. The average Bonchev–Trinajstić information content (AvgIpc) is 2.42. The van der Waals surface area contributed by atoms with E-state index in [9.17, 15) is 9.50 Å². The third-order valence-electron chi connectivity index (χ3n) is 3.16. The van der Waals surface area contributed by atoms with Crippen LogP contribution in [0, 0.1) is 5.82 Å². The van der Waals surface area contributed by atoms with E-state index in [-0.39, 0.29) is 18.6 Å². The van der Waals surface area contributed by atoms with Gasteiger partial charge in [0, 0.05) is 0 Å². The second-order valence-electron chi connectivity index (χ2n) is 4.73. The zero-order valence-corrected chi connectivity index (χ0v) is 11.4. The Morgan fingerprint density at radius 3 is 2.90 bits per heavy atom. The van der Waals surface area contributed by atoms with Crippen LogP contribution in [0.4, 0.5) is 16.2 Å². The normalized spacial score (nSPS) is 12.6. The molecule has 2 rings (SSSR count). The summed E-state index contributed by atoms with van der Waals surface area (Å²) in [5, 5.41) is 12.8. The van der Waals surface area contributed by atoms with E-state index in [2.05, 4.69) is 22.2 Å². The average molecular weight is 278 g/mol. The van der Waals surface area contributed by atoms with Gasteiger partial charge in [-0.05, 0) is 18.6 Å². The van der Waals surface area contributed by atoms with Gasteiger partial charge in [-0.2, -0.15) is 4.98 Å². The zero-order chi connectivity index (χ0) is 14.5. The van der Waals surface area contributed by atoms with Crippen molar-refractivity contribution in [1.29, 1.82) is 0 Å². The van der Waals surface area contributed by atoms with Gasteiger partial charge in [-0.1, -0.05) is 25.8 Å². The Bertz CT molecular complexity index is 591. The highest BCUT2D eigenvalue weighted by atomic mass is 19.1. The van der Waals surface area contributed by atoms with Gasteiger partial charge in [0.05, 0.1) is 23.6 Å². The molecule has 0 amide bonds. The van der Waals surface area contributed by atoms with Crippen LogP contribution in [0.2, 0.25) is 0 Å². The second-order valence-corrected chi connectivity index (χ2v) is 4.73. The summed E-state index contributed by atoms with van der Waals surface area (Å²) in [6, 6.07) is 4.44. The van der Waals surface area contributed by atoms with Gasteiger partial charge in [-0.25, -0.2) is 9.37 Å². The number of nitrogens with zero attached hydrogens (tertiary/aromatic N) is 2. The maximum Gasteiger partial charge on any atom is 0.222 e. The number of fused-ring (bicyclic) bond motifs is 1. The molecule has 1 heterocycles. The van der Waals surface area contributed by atoms with Crippen molar-refractivity contribution in [2.75, 3.05) is 17.7 Å². The minimum absolute atomic E-state index is 0.0418. The Labute approximate surface area is 117 Å². The SMILES string of the molecule is CCCC[C@@H](CO)Nc1nc(N)nc2cccc(F)c12. The molecule has 0 aliphatic rings. The highest BCUT2D eigenvalue weighted by molar-refractivity contribution is 5.90. The molecule has 2 aromatic rings. The Morgan fingerprint density at radius 2 is 2.20 bits per heavy atom. The van der Waals surface area contributed by atoms with Crippen LogP contribution in [-0.2, 0) is 0 Å². The van der Waals surface area contributed by atoms with E-state index in [1.807, 2.05) is 0 Å². The second kappa shape index (κ2) is 6.47. The molecule has 4 N–H and O–H groups in total. The molecule has 0 fully saturated rings. The third kappa shape index (κ3) is 3.14. The number of unbranched alkanes of at least 4 members (excludes halogenated alkanes) is 1. The van der Waals surface area contributed by atoms with E-state index in [0.717, 1.165) is 19.3 Å². The fraction of sp³-hybridized carbons (Fsp3) is 0.429. The number of aromatic nitrogens is 2. The van der Waals surface area contributed by atoms with Crippen molar-refractivity contribution in [1.82, 2.24) is 9.97 Å². The lowest BCUT2D eigenvalue weighted by Gasteiger charge is -2.18. The zero-order valence-electron chi connectivity index (χ0n) is 11.4. The summed E-state index contributed by atoms with van der Waals surface area (Å²) in [5.74, 6) is 0.00992. The summed E-state index contributed by atoms with van der Waals surface area (Å²) in [7, 11) is 0. The molecule has 0 radical (unpaired) electrons. The molecule has 0 unspecified atom stereocenters. The number of hydrogen-bond acceptors (Lipinski definition) is 5. The van der Waals surface area contributed by atoms with Gasteiger partial charge in [0.2, 0.25) is 5.95 Å². The number of nitrogens with two attached hydrogens (primary N) is 1. The number of anilines is 2. The van der Waals surface area contributed by atoms with E-state index in [0.29, 0.717) is 16.7 Å². The van der Waals surface area contributed by atoms with Crippen LogP contribution in [0.3, 0.4) is 0 Å². The van der Waals surface area contributed by atoms with Crippen molar-refractivity contribution in [2.45, 2.75) is 32.2 Å². The first kappa shape index (κ1) is 14.5. The largest absolute Gasteiger partial charge is 0.394 e. The van der Waals surface area contributed by atoms with E-state index >= 15 is 0 Å². The lowest BCUT2D eigenvalue weighted by Crippen LogP contribution is -2.24. The van der Waals surface area contributed by atoms with Crippen molar-refractivity contribution in [2.24, 2.45) is 0 Å². The fourth-order valence-electron chi connectivity index (χ4n) is 2.12. The molecule has 0 aliphatic heterocycles. The van der Waals surface area contributed by atoms with Crippen LogP contribution in [-0.4, -0.2) is 27.7 Å². The Morgan fingerprint density at radius 1 is 1.40 bits per heavy atom. The first-order valence-corrected chi connectivity index (χ1v) is 6.74. The van der Waals surface area contributed by atoms with Gasteiger partial charge >= 0.3 is 0 Å². The first-order chi connectivity index (χ1) is 9.65. The number of aliphatic hydroxyl groups is 1. The maximum absolute atomic E-state index is 14.0. The molecule has 0 aliphatic carbocycles. The van der Waals surface area contributed by atoms with Gasteiger partial charge in [-0.3, -0.25) is 0 Å². The van der Waals surface area contributed by atoms with E-state index in [4.69, 9.17) is 5.73 Å². The first-order valence-electron chi connectivity index (χ1n) is 6.74. The van der Waals surface area contributed by atoms with Crippen molar-refractivity contribution in [3.8, 4) is 0 Å². The van der Waals surface area contributed by atoms with Gasteiger partial charge in [-0.15, -0.1) is 0 Å². The van der Waals surface area contributed by atoms with Gasteiger partial charge < -0.3 is 16.2 Å². The van der Waals surface area contributed by atoms with Crippen LogP contribution in [0.5, 0.6) is 0 Å². The van der Waals surface area contributed by atoms with Gasteiger partial charge in [0.15, 0.2) is 0 Å². The summed E-state index contributed by atoms with van der Waals surface area (Å²) in [6.45, 7) is 2.03. The molecule has 0 spiro atoms. The van der Waals surface area contributed by atoms with Gasteiger partial charge in [0.25, 0.3) is 0 Å². The lowest BCUT2D eigenvalue weighted by molar-refractivity contribution is 0.267. The number of benzene rings is 1. The summed E-state index contributed by atoms with van der Waals surface area (Å²) in [4.78, 5) is 8.08. The minimum Gasteiger partial charge on any atom is -0.394 e. The van der Waals surface area contributed by atoms with Crippen LogP contribution < -0.4 is 11.1 Å². The number of nitrogen functional groups attached to an aromatic ring is 1. The van der Waals surface area contributed by atoms with Crippen molar-refractivity contribution < 1.29 is 9.50 Å². The van der Waals surface area contributed by atoms with Crippen molar-refractivity contribution >= 4 is 22.7 Å². The summed E-state index contributed by atoms with van der Waals surface area (Å²) in [6.07, 6.45) is 2.78. The van der Waals surface area contributed by atoms with Crippen LogP contribution >= 0.6 is 0 Å². The molecule has 6 heteroatoms. The molecule has 0 bridgehead atoms. The van der Waals surface area contributed by atoms with E-state index < -0.39 is 5.82 Å². The summed E-state index contributed by atoms with van der Waals surface area (Å²) >= 11 is 0. The van der Waals surface area contributed by atoms with E-state index in [1.54, 1.807) is 12.1 Å². The molecule has 1 aromatic carbocycles. The molecule has 5 nitrogen and oxygen atoms in total. The molecule has 108 valence electrons. The molecular formula is C14H19FN4O. The highest BCUT2D eigenvalue weighted by Gasteiger charge is 2.14. The lowest BCUT2D eigenvalue weighted by atomic mass is 10.1. The Kier molecular flexibility index (Phi) is 4.68. The number of aliphatic hydroxyl groups excluding tert-OH is 1. The summed E-state index contributed by atoms with van der Waals surface area (Å²) < 4.78 is 14.0. The van der Waals surface area contributed by atoms with E-state index in [1.165, 1.54) is 6.07 Å². The Balaban J connectivity index is 2.37. The highest BCUT2D eigenvalue weighted by Crippen LogP contribution is 2.25. The smallest absolute Gasteiger partial charge is 0.222 e. The molecule has 0 saturated carbocycles. The van der Waals surface area contributed by atoms with Crippen molar-refractivity contribution in [3.63, 3.8) is 0 Å². The predicted octanol–water partition coefficient (Wildman–Crippen LogP) is 2.31. The molecule has 1 aromatic heterocycles. The Hall–Kier alpha value is -1.95. The standard InChI is InChI=1S/C14H19FN4O/c1-2-3-5-9(8-20)17-13-12-10(15)6-4-7-11(12)18-14(16)19-13/h4,6-7,9,20H,2-3,5,8H2,1H3,(H3,16,17,18,19)/t9-/m0/s1. The predicted molar refractivity (Wildman–Crippen MR) is 77.9 cm³/mol. The fourth-order valence-corrected chi connectivity index (χ4v) is 2.12. The summed E-state index contributed by atoms with van der Waals surface area (Å²) in [5.41, 5.74) is 6.10. The van der Waals surface area contributed by atoms with Gasteiger partial charge in [0.1, 0.15) is 11.6 Å². The number of halogens is 1.